The summed E-state index contributed by atoms with van der Waals surface area (Å²) >= 11 is 0. The van der Waals surface area contributed by atoms with E-state index < -0.39 is 35.1 Å². The van der Waals surface area contributed by atoms with Gasteiger partial charge in [-0.25, -0.2) is 0 Å². The molecule has 0 aliphatic rings. The molecule has 0 bridgehead atoms. The third-order valence-electron chi connectivity index (χ3n) is 6.22. The Kier molecular flexibility index (Phi) is 12.7. The summed E-state index contributed by atoms with van der Waals surface area (Å²) < 4.78 is 88.9. The van der Waals surface area contributed by atoms with Crippen LogP contribution in [-0.2, 0) is 26.3 Å². The van der Waals surface area contributed by atoms with Gasteiger partial charge in [-0.1, -0.05) is 53.6 Å². The fourth-order valence-corrected chi connectivity index (χ4v) is 3.96. The molecule has 0 fully saturated rings. The Morgan fingerprint density at radius 1 is 0.600 bits per heavy atom. The van der Waals surface area contributed by atoms with Gasteiger partial charge in [0.15, 0.2) is 0 Å². The van der Waals surface area contributed by atoms with Crippen molar-refractivity contribution in [2.24, 2.45) is 0 Å². The minimum absolute atomic E-state index is 0. The second kappa shape index (κ2) is 17.1. The molecule has 50 heavy (non-hydrogen) atoms. The van der Waals surface area contributed by atoms with Crippen molar-refractivity contribution in [1.29, 1.82) is 0 Å². The monoisotopic (exact) mass is 863 g/mol. The van der Waals surface area contributed by atoms with Crippen molar-refractivity contribution in [3.8, 4) is 45.4 Å². The Morgan fingerprint density at radius 3 is 1.50 bits per heavy atom. The standard InChI is InChI=1S/C13H7F3N5.2C11H6F2N.Ir/c14-13(15,16)10-5-4-8(7-18-10)11-19-12(21-20-11)9-3-1-2-6-17-9;2*12-8-4-5-9(10(13)7-8)11-3-1-2-6-14-11;/h1-7H;2*1-4,6-7H;/q3*-1;+3. The maximum Gasteiger partial charge on any atom is 3.00 e. The second-order valence-corrected chi connectivity index (χ2v) is 9.62. The zero-order chi connectivity index (χ0) is 34.8. The van der Waals surface area contributed by atoms with Crippen molar-refractivity contribution in [2.45, 2.75) is 6.18 Å². The number of aromatic nitrogens is 7. The van der Waals surface area contributed by atoms with Crippen molar-refractivity contribution >= 4 is 0 Å². The molecule has 5 aromatic heterocycles. The molecule has 0 aliphatic carbocycles. The van der Waals surface area contributed by atoms with E-state index in [1.165, 1.54) is 6.07 Å². The maximum absolute atomic E-state index is 13.2. The number of nitrogens with zero attached hydrogens (tertiary/aromatic N) is 7. The summed E-state index contributed by atoms with van der Waals surface area (Å²) in [6.07, 6.45) is 1.29. The van der Waals surface area contributed by atoms with Gasteiger partial charge in [-0.15, -0.1) is 24.3 Å². The van der Waals surface area contributed by atoms with Gasteiger partial charge in [0.1, 0.15) is 5.69 Å². The topological polar surface area (TPSA) is 91.4 Å². The van der Waals surface area contributed by atoms with Crippen LogP contribution in [0.25, 0.3) is 45.4 Å². The van der Waals surface area contributed by atoms with Crippen LogP contribution in [0, 0.1) is 35.4 Å². The number of benzene rings is 2. The zero-order valence-corrected chi connectivity index (χ0v) is 27.5. The van der Waals surface area contributed by atoms with E-state index >= 15 is 0 Å². The van der Waals surface area contributed by atoms with Crippen LogP contribution in [0.2, 0.25) is 0 Å². The third kappa shape index (κ3) is 9.94. The molecule has 7 rings (SSSR count). The quantitative estimate of drug-likeness (QED) is 0.130. The van der Waals surface area contributed by atoms with Gasteiger partial charge < -0.3 is 20.1 Å². The van der Waals surface area contributed by atoms with Crippen LogP contribution in [0.3, 0.4) is 0 Å². The van der Waals surface area contributed by atoms with Crippen LogP contribution in [0.5, 0.6) is 0 Å². The first kappa shape index (κ1) is 37.2. The molecule has 0 N–H and O–H groups in total. The van der Waals surface area contributed by atoms with Crippen molar-refractivity contribution < 1.29 is 50.8 Å². The predicted molar refractivity (Wildman–Crippen MR) is 164 cm³/mol. The Hall–Kier alpha value is -5.66. The largest absolute Gasteiger partial charge is 3.00 e. The van der Waals surface area contributed by atoms with Crippen LogP contribution in [-0.4, -0.2) is 30.0 Å². The second-order valence-electron chi connectivity index (χ2n) is 9.62. The Morgan fingerprint density at radius 2 is 1.10 bits per heavy atom. The van der Waals surface area contributed by atoms with E-state index in [2.05, 4.69) is 47.2 Å². The number of hydrogen-bond donors (Lipinski definition) is 0. The Labute approximate surface area is 293 Å². The Bertz CT molecular complexity index is 2010. The zero-order valence-electron chi connectivity index (χ0n) is 25.1. The minimum Gasteiger partial charge on any atom is -0.417 e. The van der Waals surface area contributed by atoms with E-state index in [1.807, 2.05) is 0 Å². The van der Waals surface area contributed by atoms with Gasteiger partial charge in [0.2, 0.25) is 0 Å². The molecule has 0 radical (unpaired) electrons. The molecule has 7 aromatic rings. The van der Waals surface area contributed by atoms with Gasteiger partial charge in [0.05, 0.1) is 11.5 Å². The van der Waals surface area contributed by atoms with Gasteiger partial charge in [-0.2, -0.15) is 13.2 Å². The fraction of sp³-hybridized carbons (Fsp3) is 0.0286. The third-order valence-corrected chi connectivity index (χ3v) is 6.22. The average molecular weight is 863 g/mol. The van der Waals surface area contributed by atoms with E-state index in [0.717, 1.165) is 36.5 Å². The fourth-order valence-electron chi connectivity index (χ4n) is 3.96. The van der Waals surface area contributed by atoms with Crippen LogP contribution in [0.15, 0.2) is 116 Å². The Balaban J connectivity index is 0.000000172. The van der Waals surface area contributed by atoms with Crippen molar-refractivity contribution in [2.75, 3.05) is 0 Å². The first-order valence-corrected chi connectivity index (χ1v) is 14.0. The first-order chi connectivity index (χ1) is 23.6. The van der Waals surface area contributed by atoms with E-state index in [9.17, 15) is 30.7 Å². The molecule has 0 amide bonds. The summed E-state index contributed by atoms with van der Waals surface area (Å²) in [6, 6.07) is 26.4. The number of pyridine rings is 4. The van der Waals surface area contributed by atoms with Crippen LogP contribution >= 0.6 is 0 Å². The maximum atomic E-state index is 13.2. The summed E-state index contributed by atoms with van der Waals surface area (Å²) in [5, 5.41) is 7.69. The summed E-state index contributed by atoms with van der Waals surface area (Å²) in [5.74, 6) is -2.06. The molecule has 2 aromatic carbocycles. The number of halogens is 7. The predicted octanol–water partition coefficient (Wildman–Crippen LogP) is 8.23. The summed E-state index contributed by atoms with van der Waals surface area (Å²) in [7, 11) is 0. The molecule has 0 saturated carbocycles. The van der Waals surface area contributed by atoms with Gasteiger partial charge >= 0.3 is 26.3 Å². The van der Waals surface area contributed by atoms with Crippen LogP contribution in [0.1, 0.15) is 5.69 Å². The van der Waals surface area contributed by atoms with Gasteiger partial charge in [0, 0.05) is 53.6 Å². The summed E-state index contributed by atoms with van der Waals surface area (Å²) in [5.41, 5.74) is 1.21. The normalized spacial score (nSPS) is 10.5. The number of hydrogen-bond acceptors (Lipinski definition) is 6. The van der Waals surface area contributed by atoms with Crippen molar-refractivity contribution in [3.63, 3.8) is 0 Å². The molecule has 0 aliphatic heterocycles. The SMILES string of the molecule is FC(F)(F)c1ccc(-c2n[n-]c(-c3ccccn3)n2)cn1.Fc1c[c-]c(-c2ccccn2)c(F)c1.Fc1c[c-]c(-c2ccccn2)c(F)c1.[Ir+3]. The molecule has 15 heteroatoms. The smallest absolute Gasteiger partial charge is 0.417 e. The van der Waals surface area contributed by atoms with E-state index in [1.54, 1.807) is 73.2 Å². The van der Waals surface area contributed by atoms with Crippen molar-refractivity contribution in [3.05, 3.63) is 157 Å². The molecule has 0 unspecified atom stereocenters. The number of alkyl halides is 3. The molecule has 7 nitrogen and oxygen atoms in total. The van der Waals surface area contributed by atoms with E-state index in [4.69, 9.17) is 0 Å². The van der Waals surface area contributed by atoms with E-state index in [0.29, 0.717) is 28.5 Å². The number of rotatable bonds is 4. The van der Waals surface area contributed by atoms with Gasteiger partial charge in [0.25, 0.3) is 0 Å². The molecule has 252 valence electrons. The van der Waals surface area contributed by atoms with E-state index in [-0.39, 0.29) is 37.1 Å². The molecular formula is C35H19F7IrN7. The van der Waals surface area contributed by atoms with Crippen LogP contribution in [0.4, 0.5) is 30.7 Å². The molecular weight excluding hydrogens is 844 g/mol. The molecule has 0 spiro atoms. The van der Waals surface area contributed by atoms with Gasteiger partial charge in [-0.3, -0.25) is 32.6 Å². The van der Waals surface area contributed by atoms with Crippen molar-refractivity contribution in [1.82, 2.24) is 35.1 Å². The summed E-state index contributed by atoms with van der Waals surface area (Å²) in [4.78, 5) is 19.5. The van der Waals surface area contributed by atoms with Crippen LogP contribution < -0.4 is 5.10 Å². The average Bonchev–Trinajstić information content (AvgIpc) is 3.61. The summed E-state index contributed by atoms with van der Waals surface area (Å²) in [6.45, 7) is 0. The molecule has 0 saturated heterocycles. The minimum atomic E-state index is -4.47. The first-order valence-electron chi connectivity index (χ1n) is 14.0. The molecule has 0 atom stereocenters. The van der Waals surface area contributed by atoms with Gasteiger partial charge in [-0.05, 0) is 53.6 Å². The molecule has 5 heterocycles.